The molecule has 0 radical (unpaired) electrons. The number of carbonyl (C=O) groups is 1. The number of hydrogen-bond donors (Lipinski definition) is 2. The number of aliphatic hydroxyl groups excluding tert-OH is 1. The average molecular weight is 521 g/mol. The van der Waals surface area contributed by atoms with E-state index in [4.69, 9.17) is 9.47 Å². The molecule has 0 spiro atoms. The standard InChI is InChI=1S/C32H44N2O4/c1-21-28(17-34-20-32(5)15-27(34)14-31(3,4)19-32)37-30(26-12-6-23(7-13-26)16-33-22(2)36)38-29(21)25-10-8-24(18-35)9-11-25/h6-13,21,27-30,35H,14-20H2,1-5H3,(H,33,36)/t21-,27?,28+,29+,30+,32?/m1/s1. The summed E-state index contributed by atoms with van der Waals surface area (Å²) in [6, 6.07) is 16.9. The van der Waals surface area contributed by atoms with Gasteiger partial charge in [-0.1, -0.05) is 76.2 Å². The number of amides is 1. The Labute approximate surface area is 227 Å². The van der Waals surface area contributed by atoms with E-state index in [1.165, 1.54) is 26.2 Å². The first-order valence-corrected chi connectivity index (χ1v) is 14.1. The zero-order chi connectivity index (χ0) is 27.1. The first-order valence-electron chi connectivity index (χ1n) is 14.1. The number of carbonyl (C=O) groups excluding carboxylic acids is 1. The van der Waals surface area contributed by atoms with Crippen molar-refractivity contribution in [1.29, 1.82) is 0 Å². The summed E-state index contributed by atoms with van der Waals surface area (Å²) in [6.07, 6.45) is 3.25. The molecular weight excluding hydrogens is 476 g/mol. The molecule has 2 unspecified atom stereocenters. The van der Waals surface area contributed by atoms with Crippen molar-refractivity contribution in [3.63, 3.8) is 0 Å². The smallest absolute Gasteiger partial charge is 0.217 e. The van der Waals surface area contributed by atoms with E-state index in [9.17, 15) is 9.90 Å². The Hall–Kier alpha value is -2.25. The second-order valence-corrected chi connectivity index (χ2v) is 13.1. The van der Waals surface area contributed by atoms with Crippen LogP contribution < -0.4 is 5.32 Å². The van der Waals surface area contributed by atoms with Crippen molar-refractivity contribution in [2.24, 2.45) is 16.7 Å². The highest BCUT2D eigenvalue weighted by molar-refractivity contribution is 5.72. The Morgan fingerprint density at radius 1 is 1.00 bits per heavy atom. The molecule has 0 aromatic heterocycles. The van der Waals surface area contributed by atoms with E-state index in [0.29, 0.717) is 23.4 Å². The summed E-state index contributed by atoms with van der Waals surface area (Å²) in [5, 5.41) is 12.4. The van der Waals surface area contributed by atoms with E-state index in [2.05, 4.69) is 50.0 Å². The minimum absolute atomic E-state index is 0.0291. The fourth-order valence-corrected chi connectivity index (χ4v) is 7.37. The fourth-order valence-electron chi connectivity index (χ4n) is 7.37. The van der Waals surface area contributed by atoms with Crippen molar-refractivity contribution in [3.8, 4) is 0 Å². The van der Waals surface area contributed by atoms with Gasteiger partial charge in [0.15, 0.2) is 6.29 Å². The molecule has 1 aliphatic carbocycles. The van der Waals surface area contributed by atoms with Crippen molar-refractivity contribution in [2.75, 3.05) is 13.1 Å². The SMILES string of the molecule is CC(=O)NCc1ccc([C@H]2O[C@@H](CN3CC4(C)CC3CC(C)(C)C4)[C@@H](C)[C@@H](c3ccc(CO)cc3)O2)cc1. The minimum Gasteiger partial charge on any atom is -0.392 e. The summed E-state index contributed by atoms with van der Waals surface area (Å²) in [6.45, 7) is 13.7. The monoisotopic (exact) mass is 520 g/mol. The molecule has 5 rings (SSSR count). The van der Waals surface area contributed by atoms with Crippen LogP contribution in [0.1, 0.15) is 88.5 Å². The molecule has 6 atom stereocenters. The van der Waals surface area contributed by atoms with Crippen LogP contribution >= 0.6 is 0 Å². The number of rotatable bonds is 7. The predicted molar refractivity (Wildman–Crippen MR) is 148 cm³/mol. The largest absolute Gasteiger partial charge is 0.392 e. The van der Waals surface area contributed by atoms with Gasteiger partial charge in [0.05, 0.1) is 18.8 Å². The Bertz CT molecular complexity index is 1120. The van der Waals surface area contributed by atoms with Crippen molar-refractivity contribution in [3.05, 3.63) is 70.8 Å². The molecule has 2 aliphatic heterocycles. The number of likely N-dealkylation sites (tertiary alicyclic amines) is 1. The second-order valence-electron chi connectivity index (χ2n) is 13.1. The van der Waals surface area contributed by atoms with Crippen LogP contribution in [-0.4, -0.2) is 41.1 Å². The lowest BCUT2D eigenvalue weighted by molar-refractivity contribution is -0.276. The lowest BCUT2D eigenvalue weighted by Gasteiger charge is -2.43. The summed E-state index contributed by atoms with van der Waals surface area (Å²) < 4.78 is 13.4. The molecule has 6 heteroatoms. The average Bonchev–Trinajstić information content (AvgIpc) is 3.11. The van der Waals surface area contributed by atoms with Crippen LogP contribution in [-0.2, 0) is 27.4 Å². The maximum absolute atomic E-state index is 11.3. The van der Waals surface area contributed by atoms with Crippen LogP contribution in [0.5, 0.6) is 0 Å². The quantitative estimate of drug-likeness (QED) is 0.504. The van der Waals surface area contributed by atoms with E-state index >= 15 is 0 Å². The van der Waals surface area contributed by atoms with Crippen LogP contribution in [0.25, 0.3) is 0 Å². The van der Waals surface area contributed by atoms with Crippen LogP contribution in [0.3, 0.4) is 0 Å². The second kappa shape index (κ2) is 10.7. The van der Waals surface area contributed by atoms with Crippen molar-refractivity contribution < 1.29 is 19.4 Å². The summed E-state index contributed by atoms with van der Waals surface area (Å²) >= 11 is 0. The van der Waals surface area contributed by atoms with Gasteiger partial charge in [-0.05, 0) is 46.8 Å². The van der Waals surface area contributed by atoms with Crippen molar-refractivity contribution in [2.45, 2.75) is 91.6 Å². The molecule has 2 aromatic rings. The Morgan fingerprint density at radius 3 is 2.32 bits per heavy atom. The van der Waals surface area contributed by atoms with E-state index in [0.717, 1.165) is 35.3 Å². The number of nitrogens with one attached hydrogen (secondary N) is 1. The van der Waals surface area contributed by atoms with Gasteiger partial charge >= 0.3 is 0 Å². The summed E-state index contributed by atoms with van der Waals surface area (Å²) in [5.74, 6) is 0.134. The molecule has 2 saturated heterocycles. The number of aliphatic hydroxyl groups is 1. The van der Waals surface area contributed by atoms with Gasteiger partial charge in [-0.2, -0.15) is 0 Å². The van der Waals surface area contributed by atoms with Gasteiger partial charge in [0.25, 0.3) is 0 Å². The zero-order valence-corrected chi connectivity index (χ0v) is 23.6. The van der Waals surface area contributed by atoms with Crippen LogP contribution in [0, 0.1) is 16.7 Å². The number of nitrogens with zero attached hydrogens (tertiary/aromatic N) is 1. The Balaban J connectivity index is 1.38. The normalized spacial score (nSPS) is 32.7. The third-order valence-corrected chi connectivity index (χ3v) is 8.85. The van der Waals surface area contributed by atoms with Crippen LogP contribution in [0.15, 0.2) is 48.5 Å². The van der Waals surface area contributed by atoms with Gasteiger partial charge in [0.2, 0.25) is 5.91 Å². The molecule has 1 saturated carbocycles. The molecule has 2 aromatic carbocycles. The molecule has 3 fully saturated rings. The van der Waals surface area contributed by atoms with Crippen LogP contribution in [0.2, 0.25) is 0 Å². The van der Waals surface area contributed by atoms with E-state index in [-0.39, 0.29) is 30.6 Å². The minimum atomic E-state index is -0.470. The topological polar surface area (TPSA) is 71.0 Å². The molecule has 1 amide bonds. The lowest BCUT2D eigenvalue weighted by atomic mass is 9.65. The molecule has 2 N–H and O–H groups in total. The van der Waals surface area contributed by atoms with E-state index in [1.54, 1.807) is 0 Å². The summed E-state index contributed by atoms with van der Waals surface area (Å²) in [7, 11) is 0. The molecule has 206 valence electrons. The highest BCUT2D eigenvalue weighted by atomic mass is 16.7. The first kappa shape index (κ1) is 27.3. The highest BCUT2D eigenvalue weighted by Crippen LogP contribution is 2.53. The Kier molecular flexibility index (Phi) is 7.71. The van der Waals surface area contributed by atoms with Crippen molar-refractivity contribution >= 4 is 5.91 Å². The third-order valence-electron chi connectivity index (χ3n) is 8.85. The number of fused-ring (bicyclic) bond motifs is 2. The number of benzene rings is 2. The van der Waals surface area contributed by atoms with Gasteiger partial charge < -0.3 is 19.9 Å². The molecule has 2 heterocycles. The zero-order valence-electron chi connectivity index (χ0n) is 23.6. The van der Waals surface area contributed by atoms with Gasteiger partial charge in [-0.15, -0.1) is 0 Å². The molecular formula is C32H44N2O4. The third kappa shape index (κ3) is 5.99. The molecule has 38 heavy (non-hydrogen) atoms. The van der Waals surface area contributed by atoms with E-state index < -0.39 is 6.29 Å². The molecule has 2 bridgehead atoms. The van der Waals surface area contributed by atoms with Gasteiger partial charge in [-0.3, -0.25) is 9.69 Å². The predicted octanol–water partition coefficient (Wildman–Crippen LogP) is 5.51. The maximum Gasteiger partial charge on any atom is 0.217 e. The highest BCUT2D eigenvalue weighted by Gasteiger charge is 2.51. The summed E-state index contributed by atoms with van der Waals surface area (Å²) in [4.78, 5) is 14.0. The lowest BCUT2D eigenvalue weighted by Crippen LogP contribution is -2.46. The Morgan fingerprint density at radius 2 is 1.66 bits per heavy atom. The van der Waals surface area contributed by atoms with Gasteiger partial charge in [0.1, 0.15) is 0 Å². The van der Waals surface area contributed by atoms with Crippen LogP contribution in [0.4, 0.5) is 0 Å². The number of ether oxygens (including phenoxy) is 2. The summed E-state index contributed by atoms with van der Waals surface area (Å²) in [5.41, 5.74) is 4.80. The molecule has 3 aliphatic rings. The molecule has 6 nitrogen and oxygen atoms in total. The van der Waals surface area contributed by atoms with E-state index in [1.807, 2.05) is 36.4 Å². The maximum atomic E-state index is 11.3. The first-order chi connectivity index (χ1) is 18.0. The number of hydrogen-bond acceptors (Lipinski definition) is 5. The van der Waals surface area contributed by atoms with Gasteiger partial charge in [-0.25, -0.2) is 0 Å². The van der Waals surface area contributed by atoms with Crippen molar-refractivity contribution in [1.82, 2.24) is 10.2 Å². The fraction of sp³-hybridized carbons (Fsp3) is 0.594. The van der Waals surface area contributed by atoms with Gasteiger partial charge in [0, 0.05) is 44.1 Å².